The van der Waals surface area contributed by atoms with Crippen molar-refractivity contribution in [3.63, 3.8) is 0 Å². The molecule has 0 aliphatic heterocycles. The summed E-state index contributed by atoms with van der Waals surface area (Å²) in [4.78, 5) is 4.29. The number of rotatable bonds is 2. The lowest BCUT2D eigenvalue weighted by molar-refractivity contribution is -0.137. The first-order valence-electron chi connectivity index (χ1n) is 6.06. The number of hydrogen-bond acceptors (Lipinski definition) is 3. The first-order chi connectivity index (χ1) is 9.99. The lowest BCUT2D eigenvalue weighted by Gasteiger charge is -2.05. The Morgan fingerprint density at radius 2 is 1.81 bits per heavy atom. The van der Waals surface area contributed by atoms with Crippen LogP contribution in [0.15, 0.2) is 42.6 Å². The normalized spacial score (nSPS) is 11.8. The van der Waals surface area contributed by atoms with Gasteiger partial charge >= 0.3 is 6.18 Å². The van der Waals surface area contributed by atoms with Crippen molar-refractivity contribution in [2.24, 2.45) is 0 Å². The Morgan fingerprint density at radius 1 is 1.10 bits per heavy atom. The Labute approximate surface area is 117 Å². The van der Waals surface area contributed by atoms with E-state index in [1.54, 1.807) is 18.3 Å². The van der Waals surface area contributed by atoms with Gasteiger partial charge in [0.1, 0.15) is 0 Å². The molecule has 0 amide bonds. The fraction of sp³-hybridized carbons (Fsp3) is 0.143. The number of nitrogens with zero attached hydrogens (tertiary/aromatic N) is 3. The largest absolute Gasteiger partial charge is 0.493 e. The molecule has 0 aliphatic rings. The molecule has 2 heterocycles. The molecule has 0 fully saturated rings. The Hall–Kier alpha value is -2.57. The monoisotopic (exact) mass is 293 g/mol. The maximum atomic E-state index is 12.5. The summed E-state index contributed by atoms with van der Waals surface area (Å²) in [6.45, 7) is 0. The molecule has 0 saturated carbocycles. The molecule has 0 radical (unpaired) electrons. The van der Waals surface area contributed by atoms with Crippen molar-refractivity contribution in [1.82, 2.24) is 14.6 Å². The van der Waals surface area contributed by atoms with Crippen molar-refractivity contribution >= 4 is 5.65 Å². The van der Waals surface area contributed by atoms with Gasteiger partial charge in [-0.05, 0) is 24.3 Å². The predicted molar refractivity (Wildman–Crippen MR) is 70.0 cm³/mol. The third-order valence-electron chi connectivity index (χ3n) is 3.02. The second-order valence-corrected chi connectivity index (χ2v) is 4.36. The van der Waals surface area contributed by atoms with Gasteiger partial charge in [-0.1, -0.05) is 12.1 Å². The molecule has 7 heteroatoms. The lowest BCUT2D eigenvalue weighted by atomic mass is 10.1. The van der Waals surface area contributed by atoms with Crippen LogP contribution in [0.1, 0.15) is 5.56 Å². The van der Waals surface area contributed by atoms with Crippen molar-refractivity contribution in [3.8, 4) is 17.1 Å². The van der Waals surface area contributed by atoms with Gasteiger partial charge in [0, 0.05) is 11.8 Å². The van der Waals surface area contributed by atoms with Gasteiger partial charge < -0.3 is 4.74 Å². The molecule has 3 rings (SSSR count). The van der Waals surface area contributed by atoms with E-state index >= 15 is 0 Å². The number of aromatic nitrogens is 3. The van der Waals surface area contributed by atoms with Crippen molar-refractivity contribution in [2.45, 2.75) is 6.18 Å². The third kappa shape index (κ3) is 2.42. The molecule has 0 N–H and O–H groups in total. The van der Waals surface area contributed by atoms with Gasteiger partial charge in [0.2, 0.25) is 0 Å². The number of halogens is 3. The number of hydrogen-bond donors (Lipinski definition) is 0. The summed E-state index contributed by atoms with van der Waals surface area (Å²) in [5, 5.41) is 4.23. The number of pyridine rings is 1. The number of benzene rings is 1. The second-order valence-electron chi connectivity index (χ2n) is 4.36. The zero-order chi connectivity index (χ0) is 15.0. The topological polar surface area (TPSA) is 39.4 Å². The van der Waals surface area contributed by atoms with Crippen molar-refractivity contribution in [1.29, 1.82) is 0 Å². The smallest absolute Gasteiger partial charge is 0.416 e. The van der Waals surface area contributed by atoms with Gasteiger partial charge in [-0.2, -0.15) is 13.2 Å². The summed E-state index contributed by atoms with van der Waals surface area (Å²) < 4.78 is 44.3. The Kier molecular flexibility index (Phi) is 3.04. The van der Waals surface area contributed by atoms with Crippen molar-refractivity contribution < 1.29 is 17.9 Å². The number of ether oxygens (including phenoxy) is 1. The fourth-order valence-corrected chi connectivity index (χ4v) is 1.97. The van der Waals surface area contributed by atoms with E-state index in [0.29, 0.717) is 22.8 Å². The number of methoxy groups -OCH3 is 1. The zero-order valence-electron chi connectivity index (χ0n) is 10.9. The molecule has 0 aliphatic carbocycles. The van der Waals surface area contributed by atoms with E-state index in [-0.39, 0.29) is 0 Å². The first-order valence-corrected chi connectivity index (χ1v) is 6.06. The summed E-state index contributed by atoms with van der Waals surface area (Å²) in [5.41, 5.74) is 0.316. The minimum atomic E-state index is -4.35. The SMILES string of the molecule is COc1cccn2nc(-c3ccc(C(F)(F)F)cc3)nc12. The van der Waals surface area contributed by atoms with Gasteiger partial charge in [-0.3, -0.25) is 0 Å². The van der Waals surface area contributed by atoms with E-state index in [9.17, 15) is 13.2 Å². The summed E-state index contributed by atoms with van der Waals surface area (Å²) in [6, 6.07) is 8.21. The average Bonchev–Trinajstić information content (AvgIpc) is 2.90. The van der Waals surface area contributed by atoms with Crippen LogP contribution in [0.25, 0.3) is 17.0 Å². The van der Waals surface area contributed by atoms with Gasteiger partial charge in [0.05, 0.1) is 12.7 Å². The standard InChI is InChI=1S/C14H10F3N3O/c1-21-11-3-2-8-20-13(11)18-12(19-20)9-4-6-10(7-5-9)14(15,16)17/h2-8H,1H3. The molecule has 0 bridgehead atoms. The van der Waals surface area contributed by atoms with Crippen LogP contribution in [0.5, 0.6) is 5.75 Å². The highest BCUT2D eigenvalue weighted by atomic mass is 19.4. The van der Waals surface area contributed by atoms with Gasteiger partial charge in [0.25, 0.3) is 0 Å². The van der Waals surface area contributed by atoms with E-state index < -0.39 is 11.7 Å². The van der Waals surface area contributed by atoms with Gasteiger partial charge in [-0.25, -0.2) is 9.50 Å². The van der Waals surface area contributed by atoms with Crippen LogP contribution >= 0.6 is 0 Å². The third-order valence-corrected chi connectivity index (χ3v) is 3.02. The summed E-state index contributed by atoms with van der Waals surface area (Å²) in [6.07, 6.45) is -2.66. The molecule has 0 saturated heterocycles. The molecule has 2 aromatic heterocycles. The molecule has 1 aromatic carbocycles. The van der Waals surface area contributed by atoms with Gasteiger partial charge in [-0.15, -0.1) is 5.10 Å². The van der Waals surface area contributed by atoms with E-state index in [1.807, 2.05) is 0 Å². The first kappa shape index (κ1) is 13.4. The molecular weight excluding hydrogens is 283 g/mol. The van der Waals surface area contributed by atoms with Crippen LogP contribution in [-0.4, -0.2) is 21.7 Å². The molecule has 108 valence electrons. The van der Waals surface area contributed by atoms with Crippen LogP contribution in [0.4, 0.5) is 13.2 Å². The summed E-state index contributed by atoms with van der Waals surface area (Å²) in [7, 11) is 1.52. The van der Waals surface area contributed by atoms with Crippen LogP contribution in [0.3, 0.4) is 0 Å². The van der Waals surface area contributed by atoms with E-state index in [1.165, 1.54) is 23.8 Å². The second kappa shape index (κ2) is 4.76. The van der Waals surface area contributed by atoms with E-state index in [2.05, 4.69) is 10.1 Å². The molecular formula is C14H10F3N3O. The lowest BCUT2D eigenvalue weighted by Crippen LogP contribution is -2.04. The quantitative estimate of drug-likeness (QED) is 0.726. The Balaban J connectivity index is 2.04. The van der Waals surface area contributed by atoms with E-state index in [0.717, 1.165) is 12.1 Å². The van der Waals surface area contributed by atoms with Crippen LogP contribution < -0.4 is 4.74 Å². The van der Waals surface area contributed by atoms with Crippen LogP contribution in [-0.2, 0) is 6.18 Å². The highest BCUT2D eigenvalue weighted by Gasteiger charge is 2.30. The zero-order valence-corrected chi connectivity index (χ0v) is 10.9. The molecule has 4 nitrogen and oxygen atoms in total. The van der Waals surface area contributed by atoms with Crippen LogP contribution in [0.2, 0.25) is 0 Å². The maximum Gasteiger partial charge on any atom is 0.416 e. The van der Waals surface area contributed by atoms with Crippen molar-refractivity contribution in [3.05, 3.63) is 48.2 Å². The summed E-state index contributed by atoms with van der Waals surface area (Å²) in [5.74, 6) is 0.886. The number of alkyl halides is 3. The molecule has 21 heavy (non-hydrogen) atoms. The average molecular weight is 293 g/mol. The van der Waals surface area contributed by atoms with E-state index in [4.69, 9.17) is 4.74 Å². The molecule has 0 unspecified atom stereocenters. The fourth-order valence-electron chi connectivity index (χ4n) is 1.97. The molecule has 0 spiro atoms. The Morgan fingerprint density at radius 3 is 2.43 bits per heavy atom. The molecule has 3 aromatic rings. The number of fused-ring (bicyclic) bond motifs is 1. The summed E-state index contributed by atoms with van der Waals surface area (Å²) >= 11 is 0. The predicted octanol–water partition coefficient (Wildman–Crippen LogP) is 3.42. The van der Waals surface area contributed by atoms with Gasteiger partial charge in [0.15, 0.2) is 17.2 Å². The van der Waals surface area contributed by atoms with Crippen molar-refractivity contribution in [2.75, 3.05) is 7.11 Å². The highest BCUT2D eigenvalue weighted by Crippen LogP contribution is 2.30. The minimum Gasteiger partial charge on any atom is -0.493 e. The molecule has 0 atom stereocenters. The maximum absolute atomic E-state index is 12.5. The minimum absolute atomic E-state index is 0.341. The van der Waals surface area contributed by atoms with Crippen LogP contribution in [0, 0.1) is 0 Å². The highest BCUT2D eigenvalue weighted by molar-refractivity contribution is 5.62. The Bertz CT molecular complexity index is 778.